The fourth-order valence-corrected chi connectivity index (χ4v) is 2.96. The van der Waals surface area contributed by atoms with Gasteiger partial charge in [0.15, 0.2) is 5.17 Å². The largest absolute Gasteiger partial charge is 0.481 e. The first kappa shape index (κ1) is 16.6. The quantitative estimate of drug-likeness (QED) is 0.459. The Balaban J connectivity index is 2.04. The molecule has 1 aliphatic heterocycles. The molecule has 0 bridgehead atoms. The molecular formula is C13H11BrFN3O3S. The van der Waals surface area contributed by atoms with Gasteiger partial charge in [-0.05, 0) is 29.3 Å². The van der Waals surface area contributed by atoms with E-state index in [4.69, 9.17) is 5.11 Å². The van der Waals surface area contributed by atoms with Crippen LogP contribution in [0.15, 0.2) is 28.4 Å². The van der Waals surface area contributed by atoms with Crippen LogP contribution in [0.3, 0.4) is 0 Å². The maximum atomic E-state index is 13.3. The van der Waals surface area contributed by atoms with E-state index in [1.165, 1.54) is 18.3 Å². The van der Waals surface area contributed by atoms with Crippen molar-refractivity contribution >= 4 is 51.0 Å². The number of thioether (sulfide) groups is 1. The van der Waals surface area contributed by atoms with Gasteiger partial charge in [0.1, 0.15) is 11.1 Å². The van der Waals surface area contributed by atoms with Crippen LogP contribution < -0.4 is 5.32 Å². The van der Waals surface area contributed by atoms with Gasteiger partial charge in [-0.15, -0.1) is 5.10 Å². The minimum absolute atomic E-state index is 0.226. The molecule has 116 valence electrons. The number of alkyl halides is 1. The van der Waals surface area contributed by atoms with Gasteiger partial charge in [0, 0.05) is 5.33 Å². The van der Waals surface area contributed by atoms with E-state index >= 15 is 0 Å². The zero-order valence-electron chi connectivity index (χ0n) is 11.1. The number of amidine groups is 1. The van der Waals surface area contributed by atoms with Crippen LogP contribution in [0.5, 0.6) is 0 Å². The van der Waals surface area contributed by atoms with Crippen molar-refractivity contribution in [2.45, 2.75) is 17.0 Å². The normalized spacial score (nSPS) is 19.8. The van der Waals surface area contributed by atoms with Gasteiger partial charge >= 0.3 is 5.97 Å². The lowest BCUT2D eigenvalue weighted by molar-refractivity contribution is -0.138. The van der Waals surface area contributed by atoms with E-state index in [9.17, 15) is 14.0 Å². The van der Waals surface area contributed by atoms with Crippen LogP contribution in [0.2, 0.25) is 0 Å². The molecule has 6 nitrogen and oxygen atoms in total. The molecule has 1 aliphatic rings. The molecule has 1 amide bonds. The van der Waals surface area contributed by atoms with Gasteiger partial charge in [-0.3, -0.25) is 9.59 Å². The fourth-order valence-electron chi connectivity index (χ4n) is 1.72. The van der Waals surface area contributed by atoms with E-state index < -0.39 is 17.1 Å². The lowest BCUT2D eigenvalue weighted by Crippen LogP contribution is -2.26. The third-order valence-electron chi connectivity index (χ3n) is 2.63. The van der Waals surface area contributed by atoms with Crippen molar-refractivity contribution in [1.29, 1.82) is 0 Å². The maximum Gasteiger partial charge on any atom is 0.305 e. The zero-order valence-corrected chi connectivity index (χ0v) is 13.5. The molecule has 1 unspecified atom stereocenters. The summed E-state index contributed by atoms with van der Waals surface area (Å²) in [6.45, 7) is 0. The number of hydrogen-bond acceptors (Lipinski definition) is 5. The highest BCUT2D eigenvalue weighted by Crippen LogP contribution is 2.22. The highest BCUT2D eigenvalue weighted by atomic mass is 79.9. The van der Waals surface area contributed by atoms with Crippen molar-refractivity contribution in [3.8, 4) is 0 Å². The minimum atomic E-state index is -1.06. The first-order valence-electron chi connectivity index (χ1n) is 6.13. The predicted molar refractivity (Wildman–Crippen MR) is 85.8 cm³/mol. The first-order chi connectivity index (χ1) is 10.5. The molecule has 1 aromatic rings. The lowest BCUT2D eigenvalue weighted by atomic mass is 10.1. The summed E-state index contributed by atoms with van der Waals surface area (Å²) in [4.78, 5) is 22.1. The number of carbonyl (C=O) groups excluding carboxylic acids is 1. The molecule has 1 atom stereocenters. The lowest BCUT2D eigenvalue weighted by Gasteiger charge is -1.98. The van der Waals surface area contributed by atoms with E-state index in [2.05, 4.69) is 31.4 Å². The van der Waals surface area contributed by atoms with Crippen molar-refractivity contribution in [2.24, 2.45) is 10.2 Å². The topological polar surface area (TPSA) is 91.1 Å². The van der Waals surface area contributed by atoms with E-state index in [0.717, 1.165) is 17.3 Å². The van der Waals surface area contributed by atoms with Crippen molar-refractivity contribution in [1.82, 2.24) is 5.32 Å². The van der Waals surface area contributed by atoms with Crippen LogP contribution in [0.1, 0.15) is 17.5 Å². The maximum absolute atomic E-state index is 13.3. The van der Waals surface area contributed by atoms with Gasteiger partial charge in [-0.1, -0.05) is 27.7 Å². The van der Waals surface area contributed by atoms with Crippen LogP contribution in [-0.2, 0) is 14.9 Å². The number of nitrogens with zero attached hydrogens (tertiary/aromatic N) is 2. The molecule has 0 saturated carbocycles. The average molecular weight is 388 g/mol. The number of carboxylic acids is 1. The highest BCUT2D eigenvalue weighted by Gasteiger charge is 2.32. The highest BCUT2D eigenvalue weighted by molar-refractivity contribution is 9.08. The van der Waals surface area contributed by atoms with Crippen LogP contribution >= 0.6 is 27.7 Å². The number of hydrogen-bond donors (Lipinski definition) is 2. The molecule has 0 aromatic heterocycles. The third-order valence-corrected chi connectivity index (χ3v) is 4.35. The minimum Gasteiger partial charge on any atom is -0.481 e. The zero-order chi connectivity index (χ0) is 16.1. The molecule has 2 N–H and O–H groups in total. The Morgan fingerprint density at radius 1 is 1.50 bits per heavy atom. The van der Waals surface area contributed by atoms with E-state index in [1.807, 2.05) is 0 Å². The van der Waals surface area contributed by atoms with Crippen molar-refractivity contribution in [3.05, 3.63) is 35.1 Å². The Hall–Kier alpha value is -1.74. The number of amides is 1. The summed E-state index contributed by atoms with van der Waals surface area (Å²) in [5.74, 6) is -1.84. The fraction of sp³-hybridized carbons (Fsp3) is 0.231. The van der Waals surface area contributed by atoms with Crippen molar-refractivity contribution < 1.29 is 19.1 Å². The molecule has 22 heavy (non-hydrogen) atoms. The molecule has 1 saturated heterocycles. The second-order valence-electron chi connectivity index (χ2n) is 4.37. The smallest absolute Gasteiger partial charge is 0.305 e. The van der Waals surface area contributed by atoms with Crippen LogP contribution in [0.4, 0.5) is 4.39 Å². The van der Waals surface area contributed by atoms with Crippen molar-refractivity contribution in [3.63, 3.8) is 0 Å². The summed E-state index contributed by atoms with van der Waals surface area (Å²) in [6.07, 6.45) is 1.08. The summed E-state index contributed by atoms with van der Waals surface area (Å²) in [5.41, 5.74) is 1.30. The summed E-state index contributed by atoms with van der Waals surface area (Å²) in [5, 5.41) is 18.7. The molecule has 9 heteroatoms. The number of carbonyl (C=O) groups is 2. The molecule has 2 rings (SSSR count). The Labute approximate surface area is 138 Å². The molecule has 0 aliphatic carbocycles. The number of nitrogens with one attached hydrogen (secondary N) is 1. The summed E-state index contributed by atoms with van der Waals surface area (Å²) in [7, 11) is 0. The summed E-state index contributed by atoms with van der Waals surface area (Å²) in [6, 6.07) is 4.46. The Morgan fingerprint density at radius 2 is 2.27 bits per heavy atom. The third kappa shape index (κ3) is 4.63. The van der Waals surface area contributed by atoms with Crippen LogP contribution in [0.25, 0.3) is 0 Å². The van der Waals surface area contributed by atoms with E-state index in [1.54, 1.807) is 6.07 Å². The van der Waals surface area contributed by atoms with Gasteiger partial charge < -0.3 is 10.4 Å². The molecule has 1 fully saturated rings. The van der Waals surface area contributed by atoms with Gasteiger partial charge in [-0.25, -0.2) is 4.39 Å². The van der Waals surface area contributed by atoms with Gasteiger partial charge in [0.2, 0.25) is 5.91 Å². The first-order valence-corrected chi connectivity index (χ1v) is 8.14. The number of halogens is 2. The standard InChI is InChI=1S/C13H11BrFN3O3S/c14-5-7-1-8(3-9(15)2-7)6-16-18-13-17-12(21)10(22-13)4-11(19)20/h1-3,6,10H,4-5H2,(H,19,20)(H,17,18,21). The summed E-state index contributed by atoms with van der Waals surface area (Å²) < 4.78 is 13.3. The van der Waals surface area contributed by atoms with E-state index in [-0.39, 0.29) is 17.4 Å². The number of carboxylic acid groups (broad SMARTS) is 1. The molecule has 1 heterocycles. The average Bonchev–Trinajstić information content (AvgIpc) is 2.77. The molecule has 1 aromatic carbocycles. The second-order valence-corrected chi connectivity index (χ2v) is 6.12. The molecular weight excluding hydrogens is 377 g/mol. The number of rotatable bonds is 5. The Kier molecular flexibility index (Phi) is 5.67. The monoisotopic (exact) mass is 387 g/mol. The van der Waals surface area contributed by atoms with Gasteiger partial charge in [0.25, 0.3) is 0 Å². The summed E-state index contributed by atoms with van der Waals surface area (Å²) >= 11 is 4.25. The molecule has 0 radical (unpaired) electrons. The van der Waals surface area contributed by atoms with Crippen LogP contribution in [-0.4, -0.2) is 33.6 Å². The van der Waals surface area contributed by atoms with Gasteiger partial charge in [0.05, 0.1) is 12.6 Å². The molecule has 0 spiro atoms. The SMILES string of the molecule is O=C(O)CC1SC(=NN=Cc2cc(F)cc(CBr)c2)NC1=O. The number of aliphatic carboxylic acids is 1. The van der Waals surface area contributed by atoms with E-state index in [0.29, 0.717) is 10.9 Å². The predicted octanol–water partition coefficient (Wildman–Crippen LogP) is 2.12. The van der Waals surface area contributed by atoms with Crippen molar-refractivity contribution in [2.75, 3.05) is 0 Å². The van der Waals surface area contributed by atoms with Crippen LogP contribution in [0, 0.1) is 5.82 Å². The Bertz CT molecular complexity index is 666. The second kappa shape index (κ2) is 7.50. The van der Waals surface area contributed by atoms with Gasteiger partial charge in [-0.2, -0.15) is 5.10 Å². The Morgan fingerprint density at radius 3 is 2.95 bits per heavy atom. The number of benzene rings is 1.